The lowest BCUT2D eigenvalue weighted by molar-refractivity contribution is -0.134. The molecule has 1 amide bonds. The van der Waals surface area contributed by atoms with Crippen LogP contribution in [-0.4, -0.2) is 58.1 Å². The average Bonchev–Trinajstić information content (AvgIpc) is 3.43. The van der Waals surface area contributed by atoms with E-state index >= 15 is 0 Å². The SMILES string of the molecule is CC(c1nc(-c2cccs2)no1)N1CCN(C(=O)C[C@@H]2CCC[C@H]2N)CC1.Cl.Cl. The molecule has 3 heterocycles. The van der Waals surface area contributed by atoms with E-state index in [1.54, 1.807) is 11.3 Å². The maximum Gasteiger partial charge on any atom is 0.244 e. The number of hydrogen-bond donors (Lipinski definition) is 1. The third-order valence-corrected chi connectivity index (χ3v) is 6.78. The van der Waals surface area contributed by atoms with Crippen molar-refractivity contribution in [3.63, 3.8) is 0 Å². The number of thiophene rings is 1. The number of nitrogens with two attached hydrogens (primary N) is 1. The number of carbonyl (C=O) groups is 1. The molecule has 1 aliphatic carbocycles. The second kappa shape index (κ2) is 10.7. The van der Waals surface area contributed by atoms with Crippen LogP contribution in [0.15, 0.2) is 22.0 Å². The Labute approximate surface area is 187 Å². The smallest absolute Gasteiger partial charge is 0.244 e. The molecule has 0 bridgehead atoms. The Bertz CT molecular complexity index is 765. The zero-order chi connectivity index (χ0) is 18.8. The summed E-state index contributed by atoms with van der Waals surface area (Å²) in [5, 5.41) is 6.11. The second-order valence-corrected chi connectivity index (χ2v) is 8.53. The van der Waals surface area contributed by atoms with Crippen LogP contribution in [0.1, 0.15) is 44.5 Å². The fourth-order valence-electron chi connectivity index (χ4n) is 4.10. The molecule has 162 valence electrons. The molecule has 10 heteroatoms. The van der Waals surface area contributed by atoms with Crippen molar-refractivity contribution in [3.05, 3.63) is 23.4 Å². The van der Waals surface area contributed by atoms with Crippen molar-refractivity contribution in [2.24, 2.45) is 11.7 Å². The largest absolute Gasteiger partial charge is 0.340 e. The number of hydrogen-bond acceptors (Lipinski definition) is 7. The summed E-state index contributed by atoms with van der Waals surface area (Å²) in [6.45, 7) is 5.22. The van der Waals surface area contributed by atoms with Gasteiger partial charge in [-0.05, 0) is 37.1 Å². The van der Waals surface area contributed by atoms with Crippen molar-refractivity contribution < 1.29 is 9.32 Å². The summed E-state index contributed by atoms with van der Waals surface area (Å²) in [7, 11) is 0. The van der Waals surface area contributed by atoms with Crippen molar-refractivity contribution in [2.75, 3.05) is 26.2 Å². The van der Waals surface area contributed by atoms with Crippen molar-refractivity contribution in [1.82, 2.24) is 19.9 Å². The van der Waals surface area contributed by atoms with Crippen LogP contribution in [0.3, 0.4) is 0 Å². The van der Waals surface area contributed by atoms with E-state index < -0.39 is 0 Å². The molecule has 29 heavy (non-hydrogen) atoms. The van der Waals surface area contributed by atoms with E-state index in [2.05, 4.69) is 22.0 Å². The van der Waals surface area contributed by atoms with Gasteiger partial charge in [0.25, 0.3) is 0 Å². The fraction of sp³-hybridized carbons (Fsp3) is 0.632. The molecular weight excluding hydrogens is 433 g/mol. The molecule has 0 aromatic carbocycles. The molecule has 2 aromatic heterocycles. The first-order chi connectivity index (χ1) is 13.1. The van der Waals surface area contributed by atoms with Gasteiger partial charge in [0.15, 0.2) is 0 Å². The Morgan fingerprint density at radius 2 is 2.07 bits per heavy atom. The van der Waals surface area contributed by atoms with E-state index in [4.69, 9.17) is 10.3 Å². The van der Waals surface area contributed by atoms with Gasteiger partial charge in [-0.3, -0.25) is 9.69 Å². The average molecular weight is 462 g/mol. The third-order valence-electron chi connectivity index (χ3n) is 5.91. The Balaban J connectivity index is 0.00000150. The first-order valence-electron chi connectivity index (χ1n) is 9.76. The highest BCUT2D eigenvalue weighted by molar-refractivity contribution is 7.13. The lowest BCUT2D eigenvalue weighted by atomic mass is 9.99. The van der Waals surface area contributed by atoms with Gasteiger partial charge in [0.1, 0.15) is 0 Å². The summed E-state index contributed by atoms with van der Waals surface area (Å²) < 4.78 is 5.49. The van der Waals surface area contributed by atoms with E-state index in [1.165, 1.54) is 0 Å². The summed E-state index contributed by atoms with van der Waals surface area (Å²) in [6, 6.07) is 4.22. The van der Waals surface area contributed by atoms with Gasteiger partial charge in [-0.25, -0.2) is 0 Å². The number of rotatable bonds is 5. The number of aromatic nitrogens is 2. The van der Waals surface area contributed by atoms with Crippen molar-refractivity contribution in [3.8, 4) is 10.7 Å². The molecule has 2 N–H and O–H groups in total. The van der Waals surface area contributed by atoms with Gasteiger partial charge < -0.3 is 15.2 Å². The molecule has 1 saturated heterocycles. The van der Waals surface area contributed by atoms with Gasteiger partial charge in [-0.2, -0.15) is 4.98 Å². The Hall–Kier alpha value is -1.19. The quantitative estimate of drug-likeness (QED) is 0.733. The molecule has 0 radical (unpaired) electrons. The van der Waals surface area contributed by atoms with Gasteiger partial charge in [0.2, 0.25) is 17.6 Å². The predicted octanol–water partition coefficient (Wildman–Crippen LogP) is 3.36. The first-order valence-corrected chi connectivity index (χ1v) is 10.6. The van der Waals surface area contributed by atoms with Gasteiger partial charge >= 0.3 is 0 Å². The lowest BCUT2D eigenvalue weighted by Crippen LogP contribution is -2.49. The van der Waals surface area contributed by atoms with Crippen molar-refractivity contribution in [2.45, 2.75) is 44.7 Å². The number of piperazine rings is 1. The molecular formula is C19H29Cl2N5O2S. The van der Waals surface area contributed by atoms with Crippen LogP contribution in [0, 0.1) is 5.92 Å². The maximum absolute atomic E-state index is 12.6. The zero-order valence-electron chi connectivity index (χ0n) is 16.5. The number of halogens is 2. The highest BCUT2D eigenvalue weighted by Gasteiger charge is 2.31. The normalized spacial score (nSPS) is 23.3. The van der Waals surface area contributed by atoms with Gasteiger partial charge in [-0.15, -0.1) is 36.2 Å². The molecule has 3 atom stereocenters. The predicted molar refractivity (Wildman–Crippen MR) is 119 cm³/mol. The van der Waals surface area contributed by atoms with Crippen LogP contribution in [0.5, 0.6) is 0 Å². The molecule has 0 spiro atoms. The van der Waals surface area contributed by atoms with Crippen LogP contribution in [0.4, 0.5) is 0 Å². The molecule has 1 saturated carbocycles. The van der Waals surface area contributed by atoms with Crippen LogP contribution >= 0.6 is 36.2 Å². The maximum atomic E-state index is 12.6. The standard InChI is InChI=1S/C19H27N5O2S.2ClH/c1-13(19-21-18(22-26-19)16-6-3-11-27-16)23-7-9-24(10-8-23)17(25)12-14-4-2-5-15(14)20;;/h3,6,11,13-15H,2,4-5,7-10,12,20H2,1H3;2*1H/t13?,14-,15+;;/m0../s1. The topological polar surface area (TPSA) is 88.5 Å². The number of amides is 1. The number of nitrogens with zero attached hydrogens (tertiary/aromatic N) is 4. The minimum absolute atomic E-state index is 0. The van der Waals surface area contributed by atoms with Crippen LogP contribution in [0.25, 0.3) is 10.7 Å². The van der Waals surface area contributed by atoms with E-state index in [0.717, 1.165) is 50.3 Å². The number of carbonyl (C=O) groups excluding carboxylic acids is 1. The molecule has 2 aromatic rings. The summed E-state index contributed by atoms with van der Waals surface area (Å²) in [5.41, 5.74) is 6.12. The minimum Gasteiger partial charge on any atom is -0.340 e. The van der Waals surface area contributed by atoms with Crippen LogP contribution in [-0.2, 0) is 4.79 Å². The summed E-state index contributed by atoms with van der Waals surface area (Å²) >= 11 is 1.60. The highest BCUT2D eigenvalue weighted by atomic mass is 35.5. The van der Waals surface area contributed by atoms with E-state index in [1.807, 2.05) is 22.4 Å². The first kappa shape index (κ1) is 24.1. The molecule has 2 aliphatic rings. The molecule has 2 fully saturated rings. The van der Waals surface area contributed by atoms with E-state index in [0.29, 0.717) is 24.1 Å². The van der Waals surface area contributed by atoms with Crippen LogP contribution in [0.2, 0.25) is 0 Å². The minimum atomic E-state index is 0. The Morgan fingerprint density at radius 1 is 1.31 bits per heavy atom. The molecule has 7 nitrogen and oxygen atoms in total. The Morgan fingerprint density at radius 3 is 2.69 bits per heavy atom. The Kier molecular flexibility index (Phi) is 8.91. The third kappa shape index (κ3) is 5.49. The van der Waals surface area contributed by atoms with E-state index in [9.17, 15) is 4.79 Å². The van der Waals surface area contributed by atoms with E-state index in [-0.39, 0.29) is 42.8 Å². The highest BCUT2D eigenvalue weighted by Crippen LogP contribution is 2.28. The fourth-order valence-corrected chi connectivity index (χ4v) is 4.75. The molecule has 1 aliphatic heterocycles. The zero-order valence-corrected chi connectivity index (χ0v) is 19.0. The molecule has 1 unspecified atom stereocenters. The summed E-state index contributed by atoms with van der Waals surface area (Å²) in [5.74, 6) is 1.90. The van der Waals surface area contributed by atoms with Gasteiger partial charge in [0, 0.05) is 38.6 Å². The van der Waals surface area contributed by atoms with Gasteiger partial charge in [0.05, 0.1) is 10.9 Å². The van der Waals surface area contributed by atoms with Crippen molar-refractivity contribution >= 4 is 42.1 Å². The summed E-state index contributed by atoms with van der Waals surface area (Å²) in [4.78, 5) is 22.4. The lowest BCUT2D eigenvalue weighted by Gasteiger charge is -2.37. The summed E-state index contributed by atoms with van der Waals surface area (Å²) in [6.07, 6.45) is 3.90. The monoisotopic (exact) mass is 461 g/mol. The second-order valence-electron chi connectivity index (χ2n) is 7.59. The molecule has 4 rings (SSSR count). The van der Waals surface area contributed by atoms with Gasteiger partial charge in [-0.1, -0.05) is 17.6 Å². The van der Waals surface area contributed by atoms with Crippen LogP contribution < -0.4 is 5.73 Å². The van der Waals surface area contributed by atoms with Crippen molar-refractivity contribution in [1.29, 1.82) is 0 Å².